The highest BCUT2D eigenvalue weighted by atomic mass is 16.4. The number of carboxylic acid groups (broad SMARTS) is 1. The lowest BCUT2D eigenvalue weighted by Gasteiger charge is -2.17. The third-order valence-corrected chi connectivity index (χ3v) is 3.84. The maximum atomic E-state index is 10.7. The Morgan fingerprint density at radius 3 is 3.14 bits per heavy atom. The van der Waals surface area contributed by atoms with E-state index < -0.39 is 6.09 Å². The van der Waals surface area contributed by atoms with Crippen LogP contribution in [0.4, 0.5) is 10.7 Å². The molecule has 3 N–H and O–H groups in total. The Labute approximate surface area is 119 Å². The Hall–Kier alpha value is -2.77. The molecule has 1 aliphatic heterocycles. The lowest BCUT2D eigenvalue weighted by molar-refractivity contribution is 0.191. The number of H-pyrrole nitrogens is 1. The van der Waals surface area contributed by atoms with E-state index in [2.05, 4.69) is 25.2 Å². The zero-order valence-corrected chi connectivity index (χ0v) is 11.2. The van der Waals surface area contributed by atoms with E-state index in [-0.39, 0.29) is 6.04 Å². The standard InChI is InChI=1S/C13H14N6O2/c20-13(21)17-8-2-4-18(7-8)12-16-6-9-5-15-11-10(19(9)12)1-3-14-11/h1,3,5-6,8,14,17H,2,4,7H2,(H,20,21). The molecular formula is C13H14N6O2. The van der Waals surface area contributed by atoms with E-state index in [9.17, 15) is 4.79 Å². The first-order valence-electron chi connectivity index (χ1n) is 6.76. The van der Waals surface area contributed by atoms with Gasteiger partial charge in [-0.3, -0.25) is 4.40 Å². The average molecular weight is 286 g/mol. The molecule has 0 bridgehead atoms. The van der Waals surface area contributed by atoms with E-state index >= 15 is 0 Å². The summed E-state index contributed by atoms with van der Waals surface area (Å²) in [5, 5.41) is 11.3. The lowest BCUT2D eigenvalue weighted by Crippen LogP contribution is -2.36. The molecule has 3 aromatic rings. The highest BCUT2D eigenvalue weighted by Gasteiger charge is 2.26. The average Bonchev–Trinajstić information content (AvgIpc) is 3.14. The molecule has 21 heavy (non-hydrogen) atoms. The van der Waals surface area contributed by atoms with Gasteiger partial charge in [-0.15, -0.1) is 0 Å². The zero-order chi connectivity index (χ0) is 14.4. The fourth-order valence-electron chi connectivity index (χ4n) is 2.92. The lowest BCUT2D eigenvalue weighted by atomic mass is 10.3. The Bertz CT molecular complexity index is 822. The van der Waals surface area contributed by atoms with E-state index in [1.165, 1.54) is 0 Å². The van der Waals surface area contributed by atoms with Gasteiger partial charge in [-0.05, 0) is 12.5 Å². The van der Waals surface area contributed by atoms with Crippen LogP contribution in [0.15, 0.2) is 24.7 Å². The Balaban J connectivity index is 1.74. The van der Waals surface area contributed by atoms with Crippen LogP contribution in [0.1, 0.15) is 6.42 Å². The molecule has 8 nitrogen and oxygen atoms in total. The Morgan fingerprint density at radius 2 is 2.29 bits per heavy atom. The summed E-state index contributed by atoms with van der Waals surface area (Å²) in [5.41, 5.74) is 2.70. The molecule has 0 aromatic carbocycles. The van der Waals surface area contributed by atoms with Crippen molar-refractivity contribution in [3.05, 3.63) is 24.7 Å². The predicted molar refractivity (Wildman–Crippen MR) is 76.6 cm³/mol. The number of fused-ring (bicyclic) bond motifs is 3. The first kappa shape index (κ1) is 12.0. The van der Waals surface area contributed by atoms with Crippen LogP contribution in [0, 0.1) is 0 Å². The van der Waals surface area contributed by atoms with Crippen LogP contribution >= 0.6 is 0 Å². The summed E-state index contributed by atoms with van der Waals surface area (Å²) in [6.07, 6.45) is 5.21. The van der Waals surface area contributed by atoms with E-state index in [0.717, 1.165) is 35.6 Å². The zero-order valence-electron chi connectivity index (χ0n) is 11.2. The Morgan fingerprint density at radius 1 is 1.43 bits per heavy atom. The largest absolute Gasteiger partial charge is 0.465 e. The van der Waals surface area contributed by atoms with E-state index in [4.69, 9.17) is 5.11 Å². The predicted octanol–water partition coefficient (Wildman–Crippen LogP) is 1.06. The number of rotatable bonds is 2. The molecule has 1 atom stereocenters. The van der Waals surface area contributed by atoms with E-state index in [1.54, 1.807) is 12.4 Å². The van der Waals surface area contributed by atoms with Gasteiger partial charge in [-0.1, -0.05) is 0 Å². The number of carbonyl (C=O) groups is 1. The molecule has 1 saturated heterocycles. The van der Waals surface area contributed by atoms with Crippen LogP contribution in [0.25, 0.3) is 16.7 Å². The third kappa shape index (κ3) is 1.87. The van der Waals surface area contributed by atoms with Crippen molar-refractivity contribution in [2.24, 2.45) is 0 Å². The quantitative estimate of drug-likeness (QED) is 0.654. The number of hydrogen-bond acceptors (Lipinski definition) is 4. The first-order chi connectivity index (χ1) is 10.2. The number of hydrogen-bond donors (Lipinski definition) is 3. The molecule has 8 heteroatoms. The van der Waals surface area contributed by atoms with Crippen molar-refractivity contribution in [3.8, 4) is 0 Å². The molecule has 1 amide bonds. The summed E-state index contributed by atoms with van der Waals surface area (Å²) in [6, 6.07) is 1.90. The molecule has 1 unspecified atom stereocenters. The van der Waals surface area contributed by atoms with Crippen molar-refractivity contribution in [1.82, 2.24) is 24.7 Å². The maximum absolute atomic E-state index is 10.7. The first-order valence-corrected chi connectivity index (χ1v) is 6.76. The van der Waals surface area contributed by atoms with Crippen molar-refractivity contribution in [2.45, 2.75) is 12.5 Å². The number of aromatic nitrogens is 4. The molecule has 108 valence electrons. The van der Waals surface area contributed by atoms with Crippen molar-refractivity contribution in [1.29, 1.82) is 0 Å². The third-order valence-electron chi connectivity index (χ3n) is 3.84. The van der Waals surface area contributed by atoms with Crippen LogP contribution in [0.5, 0.6) is 0 Å². The van der Waals surface area contributed by atoms with Crippen LogP contribution < -0.4 is 10.2 Å². The minimum atomic E-state index is -0.980. The molecule has 1 fully saturated rings. The van der Waals surface area contributed by atoms with Crippen LogP contribution in [0.2, 0.25) is 0 Å². The second kappa shape index (κ2) is 4.37. The molecule has 3 aromatic heterocycles. The van der Waals surface area contributed by atoms with Crippen LogP contribution in [-0.4, -0.2) is 49.7 Å². The topological polar surface area (TPSA) is 98.6 Å². The molecular weight excluding hydrogens is 272 g/mol. The molecule has 0 saturated carbocycles. The van der Waals surface area contributed by atoms with Crippen molar-refractivity contribution in [3.63, 3.8) is 0 Å². The molecule has 4 rings (SSSR count). The Kier molecular flexibility index (Phi) is 2.50. The summed E-state index contributed by atoms with van der Waals surface area (Å²) < 4.78 is 2.04. The number of imidazole rings is 1. The van der Waals surface area contributed by atoms with Crippen molar-refractivity contribution < 1.29 is 9.90 Å². The van der Waals surface area contributed by atoms with Gasteiger partial charge in [0.2, 0.25) is 5.95 Å². The minimum absolute atomic E-state index is 0.0570. The second-order valence-corrected chi connectivity index (χ2v) is 5.17. The van der Waals surface area contributed by atoms with Gasteiger partial charge in [0.05, 0.1) is 29.5 Å². The highest BCUT2D eigenvalue weighted by molar-refractivity contribution is 5.77. The van der Waals surface area contributed by atoms with Gasteiger partial charge in [0.1, 0.15) is 0 Å². The molecule has 0 spiro atoms. The number of anilines is 1. The summed E-state index contributed by atoms with van der Waals surface area (Å²) in [5.74, 6) is 0.826. The number of amides is 1. The van der Waals surface area contributed by atoms with Crippen molar-refractivity contribution >= 4 is 28.7 Å². The molecule has 0 radical (unpaired) electrons. The van der Waals surface area contributed by atoms with Gasteiger partial charge in [0.25, 0.3) is 0 Å². The number of nitrogens with one attached hydrogen (secondary N) is 2. The summed E-state index contributed by atoms with van der Waals surface area (Å²) in [4.78, 5) is 24.7. The van der Waals surface area contributed by atoms with Crippen LogP contribution in [0.3, 0.4) is 0 Å². The number of aromatic amines is 1. The van der Waals surface area contributed by atoms with Gasteiger partial charge >= 0.3 is 6.09 Å². The van der Waals surface area contributed by atoms with E-state index in [0.29, 0.717) is 6.54 Å². The molecule has 0 aliphatic carbocycles. The number of nitrogens with zero attached hydrogens (tertiary/aromatic N) is 4. The SMILES string of the molecule is O=C(O)NC1CCN(c2ncc3cnc4[nH]ccc4n23)C1. The second-order valence-electron chi connectivity index (χ2n) is 5.17. The molecule has 1 aliphatic rings. The fraction of sp³-hybridized carbons (Fsp3) is 0.308. The summed E-state index contributed by atoms with van der Waals surface area (Å²) in [7, 11) is 0. The van der Waals surface area contributed by atoms with Crippen molar-refractivity contribution in [2.75, 3.05) is 18.0 Å². The van der Waals surface area contributed by atoms with Gasteiger partial charge < -0.3 is 20.3 Å². The smallest absolute Gasteiger partial charge is 0.404 e. The van der Waals surface area contributed by atoms with E-state index in [1.807, 2.05) is 16.7 Å². The summed E-state index contributed by atoms with van der Waals surface area (Å²) >= 11 is 0. The molecule has 4 heterocycles. The maximum Gasteiger partial charge on any atom is 0.404 e. The normalized spacial score (nSPS) is 18.7. The minimum Gasteiger partial charge on any atom is -0.465 e. The summed E-state index contributed by atoms with van der Waals surface area (Å²) in [6.45, 7) is 1.40. The monoisotopic (exact) mass is 286 g/mol. The van der Waals surface area contributed by atoms with Gasteiger partial charge in [0.15, 0.2) is 5.65 Å². The fourth-order valence-corrected chi connectivity index (χ4v) is 2.92. The highest BCUT2D eigenvalue weighted by Crippen LogP contribution is 2.24. The van der Waals surface area contributed by atoms with Gasteiger partial charge in [-0.2, -0.15) is 0 Å². The van der Waals surface area contributed by atoms with Gasteiger partial charge in [-0.25, -0.2) is 14.8 Å². The van der Waals surface area contributed by atoms with Crippen LogP contribution in [-0.2, 0) is 0 Å². The van der Waals surface area contributed by atoms with Gasteiger partial charge in [0, 0.05) is 19.3 Å².